The molecule has 1 N–H and O–H groups in total. The molecule has 1 unspecified atom stereocenters. The molecule has 80 valence electrons. The average molecular weight is 288 g/mol. The minimum atomic E-state index is -0.335. The molecule has 0 aliphatic carbocycles. The predicted molar refractivity (Wildman–Crippen MR) is 65.8 cm³/mol. The van der Waals surface area contributed by atoms with Crippen molar-refractivity contribution in [3.05, 3.63) is 33.3 Å². The first kappa shape index (κ1) is 12.5. The van der Waals surface area contributed by atoms with Crippen LogP contribution in [0.5, 0.6) is 0 Å². The lowest BCUT2D eigenvalue weighted by molar-refractivity contribution is 0.545. The van der Waals surface area contributed by atoms with Crippen molar-refractivity contribution in [3.8, 4) is 6.07 Å². The van der Waals surface area contributed by atoms with Crippen molar-refractivity contribution < 1.29 is 0 Å². The second kappa shape index (κ2) is 5.50. The Kier molecular flexibility index (Phi) is 4.59. The first-order valence-electron chi connectivity index (χ1n) is 4.65. The van der Waals surface area contributed by atoms with Gasteiger partial charge in [0.1, 0.15) is 6.04 Å². The van der Waals surface area contributed by atoms with Crippen molar-refractivity contribution in [2.24, 2.45) is 0 Å². The van der Waals surface area contributed by atoms with Crippen LogP contribution in [-0.4, -0.2) is 6.04 Å². The van der Waals surface area contributed by atoms with E-state index in [1.54, 1.807) is 12.1 Å². The zero-order valence-electron chi connectivity index (χ0n) is 8.59. The molecule has 0 amide bonds. The van der Waals surface area contributed by atoms with Crippen LogP contribution in [0, 0.1) is 11.3 Å². The van der Waals surface area contributed by atoms with Crippen molar-refractivity contribution in [1.29, 1.82) is 5.26 Å². The maximum Gasteiger partial charge on any atom is 0.122 e. The smallest absolute Gasteiger partial charge is 0.122 e. The summed E-state index contributed by atoms with van der Waals surface area (Å²) >= 11 is 9.31. The topological polar surface area (TPSA) is 35.8 Å². The second-order valence-electron chi connectivity index (χ2n) is 3.55. The molecule has 0 saturated heterocycles. The van der Waals surface area contributed by atoms with Crippen molar-refractivity contribution in [1.82, 2.24) is 5.32 Å². The molecule has 4 heteroatoms. The lowest BCUT2D eigenvalue weighted by Gasteiger charge is -2.16. The standard InChI is InChI=1S/C11H12BrClN2/c1-7(2)15-11(6-14)9-5-8(13)3-4-10(9)12/h3-5,7,11,15H,1-2H3. The van der Waals surface area contributed by atoms with Gasteiger partial charge in [0.15, 0.2) is 0 Å². The van der Waals surface area contributed by atoms with E-state index in [0.717, 1.165) is 10.0 Å². The number of benzene rings is 1. The van der Waals surface area contributed by atoms with Crippen LogP contribution in [0.25, 0.3) is 0 Å². The Morgan fingerprint density at radius 2 is 2.13 bits per heavy atom. The molecule has 1 atom stereocenters. The normalized spacial score (nSPS) is 12.5. The highest BCUT2D eigenvalue weighted by Gasteiger charge is 2.14. The quantitative estimate of drug-likeness (QED) is 0.921. The zero-order valence-corrected chi connectivity index (χ0v) is 10.9. The summed E-state index contributed by atoms with van der Waals surface area (Å²) < 4.78 is 0.895. The summed E-state index contributed by atoms with van der Waals surface area (Å²) in [5.74, 6) is 0. The molecular formula is C11H12BrClN2. The monoisotopic (exact) mass is 286 g/mol. The SMILES string of the molecule is CC(C)NC(C#N)c1cc(Cl)ccc1Br. The highest BCUT2D eigenvalue weighted by Crippen LogP contribution is 2.26. The maximum absolute atomic E-state index is 9.07. The Bertz CT molecular complexity index is 385. The summed E-state index contributed by atoms with van der Waals surface area (Å²) in [5.41, 5.74) is 0.874. The van der Waals surface area contributed by atoms with Crippen LogP contribution in [0.4, 0.5) is 0 Å². The number of nitrogens with zero attached hydrogens (tertiary/aromatic N) is 1. The molecule has 0 bridgehead atoms. The summed E-state index contributed by atoms with van der Waals surface area (Å²) in [6.45, 7) is 4.01. The highest BCUT2D eigenvalue weighted by atomic mass is 79.9. The Hall–Kier alpha value is -0.560. The van der Waals surface area contributed by atoms with Crippen LogP contribution in [0.2, 0.25) is 5.02 Å². The van der Waals surface area contributed by atoms with Gasteiger partial charge in [0, 0.05) is 15.5 Å². The number of nitriles is 1. The summed E-state index contributed by atoms with van der Waals surface area (Å²) in [7, 11) is 0. The Morgan fingerprint density at radius 1 is 1.47 bits per heavy atom. The minimum Gasteiger partial charge on any atom is -0.296 e. The van der Waals surface area contributed by atoms with Gasteiger partial charge < -0.3 is 0 Å². The summed E-state index contributed by atoms with van der Waals surface area (Å²) in [4.78, 5) is 0. The van der Waals surface area contributed by atoms with E-state index in [0.29, 0.717) is 5.02 Å². The van der Waals surface area contributed by atoms with Gasteiger partial charge in [-0.1, -0.05) is 27.5 Å². The third-order valence-corrected chi connectivity index (χ3v) is 2.86. The van der Waals surface area contributed by atoms with E-state index in [-0.39, 0.29) is 12.1 Å². The molecule has 0 saturated carbocycles. The molecule has 0 heterocycles. The van der Waals surface area contributed by atoms with Gasteiger partial charge >= 0.3 is 0 Å². The molecule has 0 spiro atoms. The molecular weight excluding hydrogens is 275 g/mol. The third-order valence-electron chi connectivity index (χ3n) is 1.90. The fourth-order valence-corrected chi connectivity index (χ4v) is 1.92. The largest absolute Gasteiger partial charge is 0.296 e. The van der Waals surface area contributed by atoms with Crippen LogP contribution in [0.15, 0.2) is 22.7 Å². The molecule has 15 heavy (non-hydrogen) atoms. The lowest BCUT2D eigenvalue weighted by Crippen LogP contribution is -2.27. The molecule has 0 aliphatic rings. The first-order valence-corrected chi connectivity index (χ1v) is 5.82. The van der Waals surface area contributed by atoms with Crippen molar-refractivity contribution in [3.63, 3.8) is 0 Å². The molecule has 0 aromatic heterocycles. The Labute approximate surface area is 103 Å². The third kappa shape index (κ3) is 3.49. The lowest BCUT2D eigenvalue weighted by atomic mass is 10.1. The van der Waals surface area contributed by atoms with Crippen molar-refractivity contribution >= 4 is 27.5 Å². The number of rotatable bonds is 3. The highest BCUT2D eigenvalue weighted by molar-refractivity contribution is 9.10. The predicted octanol–water partition coefficient (Wildman–Crippen LogP) is 3.67. The molecule has 1 aromatic carbocycles. The van der Waals surface area contributed by atoms with E-state index in [4.69, 9.17) is 16.9 Å². The molecule has 1 rings (SSSR count). The molecule has 0 aliphatic heterocycles. The number of hydrogen-bond donors (Lipinski definition) is 1. The van der Waals surface area contributed by atoms with Gasteiger partial charge in [-0.25, -0.2) is 0 Å². The minimum absolute atomic E-state index is 0.250. The van der Waals surface area contributed by atoms with Gasteiger partial charge in [0.25, 0.3) is 0 Å². The fraction of sp³-hybridized carbons (Fsp3) is 0.364. The van der Waals surface area contributed by atoms with Crippen LogP contribution in [-0.2, 0) is 0 Å². The second-order valence-corrected chi connectivity index (χ2v) is 4.84. The van der Waals surface area contributed by atoms with Crippen LogP contribution < -0.4 is 5.32 Å². The molecule has 2 nitrogen and oxygen atoms in total. The van der Waals surface area contributed by atoms with Crippen LogP contribution in [0.3, 0.4) is 0 Å². The van der Waals surface area contributed by atoms with E-state index in [1.807, 2.05) is 19.9 Å². The van der Waals surface area contributed by atoms with E-state index in [1.165, 1.54) is 0 Å². The Balaban J connectivity index is 3.02. The van der Waals surface area contributed by atoms with Gasteiger partial charge in [-0.05, 0) is 37.6 Å². The number of hydrogen-bond acceptors (Lipinski definition) is 2. The number of halogens is 2. The van der Waals surface area contributed by atoms with Gasteiger partial charge in [0.05, 0.1) is 6.07 Å². The fourth-order valence-electron chi connectivity index (χ4n) is 1.27. The molecule has 1 aromatic rings. The molecule has 0 radical (unpaired) electrons. The zero-order chi connectivity index (χ0) is 11.4. The summed E-state index contributed by atoms with van der Waals surface area (Å²) in [6, 6.07) is 7.58. The maximum atomic E-state index is 9.07. The van der Waals surface area contributed by atoms with Crippen LogP contribution in [0.1, 0.15) is 25.5 Å². The summed E-state index contributed by atoms with van der Waals surface area (Å²) in [5, 5.41) is 12.9. The number of nitrogens with one attached hydrogen (secondary N) is 1. The van der Waals surface area contributed by atoms with E-state index in [2.05, 4.69) is 27.3 Å². The van der Waals surface area contributed by atoms with Gasteiger partial charge in [-0.3, -0.25) is 5.32 Å². The van der Waals surface area contributed by atoms with Crippen molar-refractivity contribution in [2.45, 2.75) is 25.9 Å². The Morgan fingerprint density at radius 3 is 2.67 bits per heavy atom. The van der Waals surface area contributed by atoms with Crippen LogP contribution >= 0.6 is 27.5 Å². The van der Waals surface area contributed by atoms with E-state index < -0.39 is 0 Å². The van der Waals surface area contributed by atoms with E-state index in [9.17, 15) is 0 Å². The van der Waals surface area contributed by atoms with Gasteiger partial charge in [-0.15, -0.1) is 0 Å². The van der Waals surface area contributed by atoms with Gasteiger partial charge in [0.2, 0.25) is 0 Å². The molecule has 0 fully saturated rings. The van der Waals surface area contributed by atoms with Gasteiger partial charge in [-0.2, -0.15) is 5.26 Å². The average Bonchev–Trinajstić information content (AvgIpc) is 2.18. The van der Waals surface area contributed by atoms with E-state index >= 15 is 0 Å². The summed E-state index contributed by atoms with van der Waals surface area (Å²) in [6.07, 6.45) is 0. The first-order chi connectivity index (χ1) is 7.04. The van der Waals surface area contributed by atoms with Crippen molar-refractivity contribution in [2.75, 3.05) is 0 Å².